The second-order valence-corrected chi connectivity index (χ2v) is 6.10. The van der Waals surface area contributed by atoms with E-state index < -0.39 is 19.9 Å². The van der Waals surface area contributed by atoms with Crippen molar-refractivity contribution in [3.63, 3.8) is 0 Å². The van der Waals surface area contributed by atoms with E-state index in [9.17, 15) is 9.59 Å². The van der Waals surface area contributed by atoms with E-state index >= 15 is 0 Å². The molecule has 0 spiro atoms. The molecule has 0 heterocycles. The van der Waals surface area contributed by atoms with Crippen LogP contribution in [-0.2, 0) is 9.59 Å². The highest BCUT2D eigenvalue weighted by atomic mass is 31.1. The van der Waals surface area contributed by atoms with Crippen molar-refractivity contribution >= 4 is 25.2 Å². The molecule has 4 nitrogen and oxygen atoms in total. The minimum absolute atomic E-state index is 0.0974. The maximum Gasteiger partial charge on any atom is 0.303 e. The zero-order valence-electron chi connectivity index (χ0n) is 9.37. The zero-order chi connectivity index (χ0) is 12.7. The molecule has 0 radical (unpaired) electrons. The van der Waals surface area contributed by atoms with Crippen LogP contribution in [0.2, 0.25) is 0 Å². The van der Waals surface area contributed by atoms with Crippen molar-refractivity contribution in [2.45, 2.75) is 12.8 Å². The Balaban J connectivity index is 2.64. The number of carboxylic acids is 2. The molecule has 1 rings (SSSR count). The minimum Gasteiger partial charge on any atom is -0.481 e. The lowest BCUT2D eigenvalue weighted by Gasteiger charge is -2.16. The number of hydrogen-bond acceptors (Lipinski definition) is 2. The third kappa shape index (κ3) is 5.45. The summed E-state index contributed by atoms with van der Waals surface area (Å²) < 4.78 is 0. The highest BCUT2D eigenvalue weighted by molar-refractivity contribution is 7.65. The molecule has 0 fully saturated rings. The van der Waals surface area contributed by atoms with Gasteiger partial charge in [-0.3, -0.25) is 9.59 Å². The van der Waals surface area contributed by atoms with Gasteiger partial charge < -0.3 is 10.2 Å². The molecule has 17 heavy (non-hydrogen) atoms. The van der Waals surface area contributed by atoms with Gasteiger partial charge in [0.1, 0.15) is 0 Å². The van der Waals surface area contributed by atoms with Crippen LogP contribution in [0.25, 0.3) is 0 Å². The van der Waals surface area contributed by atoms with Crippen molar-refractivity contribution in [1.29, 1.82) is 0 Å². The number of aliphatic carboxylic acids is 2. The normalized spacial score (nSPS) is 10.4. The molecule has 0 saturated heterocycles. The third-order valence-corrected chi connectivity index (χ3v) is 4.87. The molecule has 0 aliphatic heterocycles. The Morgan fingerprint density at radius 3 is 1.82 bits per heavy atom. The van der Waals surface area contributed by atoms with Crippen LogP contribution < -0.4 is 5.30 Å². The van der Waals surface area contributed by atoms with E-state index in [-0.39, 0.29) is 12.8 Å². The number of benzene rings is 1. The Morgan fingerprint density at radius 2 is 1.41 bits per heavy atom. The summed E-state index contributed by atoms with van der Waals surface area (Å²) in [5.41, 5.74) is 0. The van der Waals surface area contributed by atoms with Gasteiger partial charge in [0.05, 0.1) is 0 Å². The number of carbonyl (C=O) groups is 2. The molecule has 0 unspecified atom stereocenters. The average molecular weight is 254 g/mol. The molecule has 0 aliphatic rings. The Morgan fingerprint density at radius 1 is 0.941 bits per heavy atom. The van der Waals surface area contributed by atoms with Gasteiger partial charge in [0, 0.05) is 12.8 Å². The van der Waals surface area contributed by atoms with Crippen LogP contribution in [0, 0.1) is 0 Å². The van der Waals surface area contributed by atoms with Crippen molar-refractivity contribution in [2.75, 3.05) is 12.3 Å². The van der Waals surface area contributed by atoms with Gasteiger partial charge in [0.15, 0.2) is 0 Å². The minimum atomic E-state index is -0.830. The van der Waals surface area contributed by atoms with Crippen molar-refractivity contribution < 1.29 is 19.8 Å². The highest BCUT2D eigenvalue weighted by Crippen LogP contribution is 2.35. The second-order valence-electron chi connectivity index (χ2n) is 3.61. The SMILES string of the molecule is O=C(O)CCP(CCC(=O)O)c1ccccc1. The van der Waals surface area contributed by atoms with Crippen molar-refractivity contribution in [3.05, 3.63) is 30.3 Å². The molecule has 0 atom stereocenters. The van der Waals surface area contributed by atoms with E-state index in [1.54, 1.807) is 0 Å². The summed E-state index contributed by atoms with van der Waals surface area (Å²) in [5, 5.41) is 18.4. The van der Waals surface area contributed by atoms with Crippen LogP contribution in [0.5, 0.6) is 0 Å². The quantitative estimate of drug-likeness (QED) is 0.727. The van der Waals surface area contributed by atoms with E-state index in [0.29, 0.717) is 12.3 Å². The summed E-state index contributed by atoms with van der Waals surface area (Å²) in [4.78, 5) is 21.1. The highest BCUT2D eigenvalue weighted by Gasteiger charge is 2.13. The topological polar surface area (TPSA) is 74.6 Å². The molecule has 0 aromatic heterocycles. The largest absolute Gasteiger partial charge is 0.481 e. The smallest absolute Gasteiger partial charge is 0.303 e. The molecule has 0 saturated carbocycles. The van der Waals surface area contributed by atoms with E-state index in [2.05, 4.69) is 0 Å². The van der Waals surface area contributed by atoms with Gasteiger partial charge in [-0.1, -0.05) is 38.3 Å². The standard InChI is InChI=1S/C12H15O4P/c13-11(14)6-8-17(9-7-12(15)16)10-4-2-1-3-5-10/h1-5H,6-9H2,(H,13,14)(H,15,16). The molecule has 0 aliphatic carbocycles. The Bertz CT molecular complexity index is 359. The van der Waals surface area contributed by atoms with Crippen LogP contribution in [0.1, 0.15) is 12.8 Å². The van der Waals surface area contributed by atoms with Gasteiger partial charge in [0.2, 0.25) is 0 Å². The molecule has 92 valence electrons. The first-order valence-electron chi connectivity index (χ1n) is 5.33. The monoisotopic (exact) mass is 254 g/mol. The summed E-state index contributed by atoms with van der Waals surface area (Å²) in [7, 11) is -0.682. The lowest BCUT2D eigenvalue weighted by Crippen LogP contribution is -2.11. The Hall–Kier alpha value is -1.41. The molecular formula is C12H15O4P. The third-order valence-electron chi connectivity index (χ3n) is 2.31. The first-order chi connectivity index (χ1) is 8.09. The molecule has 0 amide bonds. The predicted molar refractivity (Wildman–Crippen MR) is 67.2 cm³/mol. The molecule has 1 aromatic rings. The average Bonchev–Trinajstić information content (AvgIpc) is 2.29. The maximum atomic E-state index is 10.6. The molecule has 0 bridgehead atoms. The van der Waals surface area contributed by atoms with E-state index in [4.69, 9.17) is 10.2 Å². The fourth-order valence-electron chi connectivity index (χ4n) is 1.47. The van der Waals surface area contributed by atoms with Crippen LogP contribution in [0.15, 0.2) is 30.3 Å². The molecule has 1 aromatic carbocycles. The van der Waals surface area contributed by atoms with Crippen molar-refractivity contribution in [2.24, 2.45) is 0 Å². The summed E-state index contributed by atoms with van der Waals surface area (Å²) in [6.45, 7) is 0. The van der Waals surface area contributed by atoms with Gasteiger partial charge in [-0.2, -0.15) is 0 Å². The van der Waals surface area contributed by atoms with E-state index in [0.717, 1.165) is 5.30 Å². The van der Waals surface area contributed by atoms with Gasteiger partial charge in [-0.15, -0.1) is 0 Å². The summed E-state index contributed by atoms with van der Waals surface area (Å²) in [5.74, 6) is -1.66. The first-order valence-corrected chi connectivity index (χ1v) is 7.04. The molecular weight excluding hydrogens is 239 g/mol. The summed E-state index contributed by atoms with van der Waals surface area (Å²) in [6, 6.07) is 9.56. The number of rotatable bonds is 7. The predicted octanol–water partition coefficient (Wildman–Crippen LogP) is 1.74. The molecule has 2 N–H and O–H groups in total. The molecule has 5 heteroatoms. The maximum absolute atomic E-state index is 10.6. The number of carboxylic acid groups (broad SMARTS) is 2. The second kappa shape index (κ2) is 7.02. The van der Waals surface area contributed by atoms with E-state index in [1.807, 2.05) is 30.3 Å². The summed E-state index contributed by atoms with van der Waals surface area (Å²) in [6.07, 6.45) is 1.28. The first kappa shape index (κ1) is 13.7. The van der Waals surface area contributed by atoms with Gasteiger partial charge in [0.25, 0.3) is 0 Å². The van der Waals surface area contributed by atoms with Gasteiger partial charge in [-0.25, -0.2) is 0 Å². The van der Waals surface area contributed by atoms with Crippen LogP contribution in [0.3, 0.4) is 0 Å². The van der Waals surface area contributed by atoms with Crippen molar-refractivity contribution in [3.8, 4) is 0 Å². The van der Waals surface area contributed by atoms with Crippen molar-refractivity contribution in [1.82, 2.24) is 0 Å². The lowest BCUT2D eigenvalue weighted by atomic mass is 10.4. The number of hydrogen-bond donors (Lipinski definition) is 2. The van der Waals surface area contributed by atoms with Crippen LogP contribution in [-0.4, -0.2) is 34.5 Å². The fourth-order valence-corrected chi connectivity index (χ4v) is 3.73. The van der Waals surface area contributed by atoms with Crippen LogP contribution >= 0.6 is 7.92 Å². The lowest BCUT2D eigenvalue weighted by molar-refractivity contribution is -0.137. The van der Waals surface area contributed by atoms with Crippen LogP contribution in [0.4, 0.5) is 0 Å². The zero-order valence-corrected chi connectivity index (χ0v) is 10.3. The fraction of sp³-hybridized carbons (Fsp3) is 0.333. The Kier molecular flexibility index (Phi) is 5.64. The van der Waals surface area contributed by atoms with E-state index in [1.165, 1.54) is 0 Å². The Labute approximate surface area is 101 Å². The summed E-state index contributed by atoms with van der Waals surface area (Å²) >= 11 is 0. The van der Waals surface area contributed by atoms with Gasteiger partial charge >= 0.3 is 11.9 Å². The van der Waals surface area contributed by atoms with Gasteiger partial charge in [-0.05, 0) is 17.6 Å².